The first-order valence-electron chi connectivity index (χ1n) is 7.09. The molecule has 0 atom stereocenters. The molecule has 4 N–H and O–H groups in total. The van der Waals surface area contributed by atoms with Gasteiger partial charge in [0.1, 0.15) is 17.9 Å². The van der Waals surface area contributed by atoms with E-state index in [9.17, 15) is 14.4 Å². The van der Waals surface area contributed by atoms with Crippen LogP contribution in [0.1, 0.15) is 0 Å². The molecule has 0 unspecified atom stereocenters. The number of hydrogen-bond acceptors (Lipinski definition) is 7. The Labute approximate surface area is 148 Å². The van der Waals surface area contributed by atoms with Gasteiger partial charge in [0.2, 0.25) is 0 Å². The van der Waals surface area contributed by atoms with Gasteiger partial charge < -0.3 is 14.9 Å². The van der Waals surface area contributed by atoms with Crippen molar-refractivity contribution in [1.29, 1.82) is 0 Å². The van der Waals surface area contributed by atoms with E-state index < -0.39 is 16.8 Å². The second kappa shape index (κ2) is 5.03. The molecule has 0 radical (unpaired) electrons. The Kier molecular flexibility index (Phi) is 3.14. The van der Waals surface area contributed by atoms with Crippen molar-refractivity contribution in [3.8, 4) is 0 Å². The van der Waals surface area contributed by atoms with Crippen LogP contribution in [-0.4, -0.2) is 42.9 Å². The Balaban J connectivity index is 2.13. The molecule has 0 saturated heterocycles. The predicted molar refractivity (Wildman–Crippen MR) is 96.4 cm³/mol. The summed E-state index contributed by atoms with van der Waals surface area (Å²) >= 11 is 10.4. The van der Waals surface area contributed by atoms with Gasteiger partial charge in [0.15, 0.2) is 21.0 Å². The summed E-state index contributed by atoms with van der Waals surface area (Å²) in [6.45, 7) is 0.240. The van der Waals surface area contributed by atoms with Crippen LogP contribution in [0, 0.1) is 9.54 Å². The second-order valence-corrected chi connectivity index (χ2v) is 6.40. The minimum absolute atomic E-state index is 0.132. The summed E-state index contributed by atoms with van der Waals surface area (Å²) in [5, 5.41) is 1.62. The van der Waals surface area contributed by atoms with Crippen LogP contribution in [0.5, 0.6) is 0 Å². The first kappa shape index (κ1) is 15.6. The van der Waals surface area contributed by atoms with Crippen LogP contribution in [0.4, 0.5) is 11.5 Å². The Morgan fingerprint density at radius 3 is 2.40 bits per heavy atom. The maximum Gasteiger partial charge on any atom is 0.329 e. The van der Waals surface area contributed by atoms with Gasteiger partial charge in [0.25, 0.3) is 11.1 Å². The van der Waals surface area contributed by atoms with Crippen molar-refractivity contribution in [2.75, 3.05) is 23.6 Å². The lowest BCUT2D eigenvalue weighted by atomic mass is 10.4. The van der Waals surface area contributed by atoms with Crippen LogP contribution >= 0.6 is 24.4 Å². The van der Waals surface area contributed by atoms with E-state index in [4.69, 9.17) is 24.4 Å². The highest BCUT2D eigenvalue weighted by atomic mass is 32.1. The highest BCUT2D eigenvalue weighted by Gasteiger charge is 2.32. The minimum Gasteiger partial charge on any atom is -0.348 e. The van der Waals surface area contributed by atoms with Crippen LogP contribution < -0.4 is 26.7 Å². The number of nitrogens with zero attached hydrogens (tertiary/aromatic N) is 4. The quantitative estimate of drug-likeness (QED) is 0.419. The summed E-state index contributed by atoms with van der Waals surface area (Å²) in [6.07, 6.45) is 0. The zero-order valence-electron chi connectivity index (χ0n) is 13.0. The highest BCUT2D eigenvalue weighted by Crippen LogP contribution is 2.31. The molecule has 4 rings (SSSR count). The lowest BCUT2D eigenvalue weighted by Crippen LogP contribution is -2.36. The zero-order chi connectivity index (χ0) is 18.0. The molecule has 1 aliphatic heterocycles. The fourth-order valence-corrected chi connectivity index (χ4v) is 3.46. The van der Waals surface area contributed by atoms with E-state index in [1.165, 1.54) is 16.3 Å². The van der Waals surface area contributed by atoms with Gasteiger partial charge >= 0.3 is 5.69 Å². The van der Waals surface area contributed by atoms with Gasteiger partial charge in [-0.2, -0.15) is 0 Å². The Hall–Kier alpha value is -2.93. The third kappa shape index (κ3) is 2.05. The number of imidazole rings is 1. The molecule has 0 amide bonds. The van der Waals surface area contributed by atoms with Crippen LogP contribution in [0.25, 0.3) is 11.2 Å². The van der Waals surface area contributed by atoms with E-state index in [1.54, 1.807) is 17.0 Å². The first-order valence-corrected chi connectivity index (χ1v) is 7.91. The molecule has 0 fully saturated rings. The number of aromatic amines is 4. The van der Waals surface area contributed by atoms with Gasteiger partial charge in [-0.25, -0.2) is 14.5 Å². The lowest BCUT2D eigenvalue weighted by molar-refractivity contribution is 0.676. The van der Waals surface area contributed by atoms with Gasteiger partial charge in [-0.15, -0.1) is 0 Å². The molecule has 25 heavy (non-hydrogen) atoms. The van der Waals surface area contributed by atoms with E-state index in [1.807, 2.05) is 0 Å². The maximum absolute atomic E-state index is 12.2. The average Bonchev–Trinajstić information content (AvgIpc) is 3.02. The van der Waals surface area contributed by atoms with Gasteiger partial charge in [-0.1, -0.05) is 0 Å². The van der Waals surface area contributed by atoms with Crippen molar-refractivity contribution in [3.63, 3.8) is 0 Å². The van der Waals surface area contributed by atoms with E-state index in [2.05, 4.69) is 19.9 Å². The van der Waals surface area contributed by atoms with E-state index in [-0.39, 0.29) is 21.7 Å². The first-order chi connectivity index (χ1) is 11.8. The summed E-state index contributed by atoms with van der Waals surface area (Å²) in [4.78, 5) is 48.4. The molecule has 0 bridgehead atoms. The third-order valence-corrected chi connectivity index (χ3v) is 4.52. The SMILES string of the molecule is CN1CN(n2c(=S)[nH]c3c(=O)[nH]c(=S)[nH]c32)c2c1c(=O)[nH]c(=O)n2C. The number of hydrogen-bond donors (Lipinski definition) is 4. The minimum atomic E-state index is -0.554. The number of anilines is 2. The van der Waals surface area contributed by atoms with E-state index in [0.717, 1.165) is 0 Å². The van der Waals surface area contributed by atoms with Crippen molar-refractivity contribution in [2.24, 2.45) is 7.05 Å². The molecular formula is C12H12N8O3S2. The molecule has 11 nitrogen and oxygen atoms in total. The Morgan fingerprint density at radius 1 is 0.960 bits per heavy atom. The van der Waals surface area contributed by atoms with Crippen molar-refractivity contribution >= 4 is 47.1 Å². The number of nitrogens with one attached hydrogen (secondary N) is 4. The number of rotatable bonds is 1. The smallest absolute Gasteiger partial charge is 0.329 e. The molecule has 3 aromatic rings. The normalized spacial score (nSPS) is 13.7. The van der Waals surface area contributed by atoms with Crippen LogP contribution in [0.3, 0.4) is 0 Å². The van der Waals surface area contributed by atoms with Crippen LogP contribution in [0.15, 0.2) is 14.4 Å². The standard InChI is InChI=1S/C12H12N8O3S2/c1-17-3-19(9-5(17)8(22)16-11(23)18(9)2)20-6-4(13-12(20)25)7(21)15-10(24)14-6/h3H2,1-2H3,(H,13,25)(H,16,22,23)(H2,14,15,21,24). The van der Waals surface area contributed by atoms with Gasteiger partial charge in [0.05, 0.1) is 0 Å². The monoisotopic (exact) mass is 380 g/mol. The molecular weight excluding hydrogens is 368 g/mol. The molecule has 0 aromatic carbocycles. The molecule has 1 aliphatic rings. The van der Waals surface area contributed by atoms with Crippen LogP contribution in [-0.2, 0) is 7.05 Å². The summed E-state index contributed by atoms with van der Waals surface area (Å²) in [5.41, 5.74) is -0.600. The van der Waals surface area contributed by atoms with Crippen molar-refractivity contribution in [2.45, 2.75) is 0 Å². The molecule has 0 saturated carbocycles. The van der Waals surface area contributed by atoms with Crippen LogP contribution in [0.2, 0.25) is 0 Å². The largest absolute Gasteiger partial charge is 0.348 e. The number of H-pyrrole nitrogens is 4. The average molecular weight is 380 g/mol. The van der Waals surface area contributed by atoms with Crippen molar-refractivity contribution < 1.29 is 0 Å². The summed E-state index contributed by atoms with van der Waals surface area (Å²) in [6, 6.07) is 0. The van der Waals surface area contributed by atoms with E-state index in [0.29, 0.717) is 17.2 Å². The number of aromatic nitrogens is 6. The van der Waals surface area contributed by atoms with Gasteiger partial charge in [-0.05, 0) is 24.4 Å². The lowest BCUT2D eigenvalue weighted by Gasteiger charge is -2.21. The second-order valence-electron chi connectivity index (χ2n) is 5.60. The fraction of sp³-hybridized carbons (Fsp3) is 0.250. The molecule has 4 heterocycles. The fourth-order valence-electron chi connectivity index (χ4n) is 2.97. The third-order valence-electron chi connectivity index (χ3n) is 4.04. The maximum atomic E-state index is 12.2. The van der Waals surface area contributed by atoms with Gasteiger partial charge in [0, 0.05) is 14.1 Å². The van der Waals surface area contributed by atoms with E-state index >= 15 is 0 Å². The Morgan fingerprint density at radius 2 is 1.68 bits per heavy atom. The topological polar surface area (TPSA) is 131 Å². The number of fused-ring (bicyclic) bond motifs is 2. The molecule has 13 heteroatoms. The molecule has 0 spiro atoms. The summed E-state index contributed by atoms with van der Waals surface area (Å²) in [5.74, 6) is 0.354. The van der Waals surface area contributed by atoms with Crippen molar-refractivity contribution in [1.82, 2.24) is 29.2 Å². The van der Waals surface area contributed by atoms with Crippen molar-refractivity contribution in [3.05, 3.63) is 40.7 Å². The Bertz CT molecular complexity index is 1320. The highest BCUT2D eigenvalue weighted by molar-refractivity contribution is 7.71. The zero-order valence-corrected chi connectivity index (χ0v) is 14.7. The summed E-state index contributed by atoms with van der Waals surface area (Å²) < 4.78 is 3.17. The summed E-state index contributed by atoms with van der Waals surface area (Å²) in [7, 11) is 3.25. The molecule has 3 aromatic heterocycles. The predicted octanol–water partition coefficient (Wildman–Crippen LogP) is -0.491. The molecule has 130 valence electrons. The molecule has 0 aliphatic carbocycles. The van der Waals surface area contributed by atoms with Gasteiger partial charge in [-0.3, -0.25) is 24.1 Å².